The summed E-state index contributed by atoms with van der Waals surface area (Å²) in [4.78, 5) is 0. The number of hydrogen-bond acceptors (Lipinski definition) is 4. The topological polar surface area (TPSA) is 85.2 Å². The highest BCUT2D eigenvalue weighted by Gasteiger charge is 2.32. The minimum atomic E-state index is -4.68. The normalized spacial score (nSPS) is 12.7. The fraction of sp³-hybridized carbons (Fsp3) is 0.318. The Bertz CT molecular complexity index is 1310. The van der Waals surface area contributed by atoms with Crippen LogP contribution in [0.1, 0.15) is 26.3 Å². The maximum Gasteiger partial charge on any atom is 0.402 e. The highest BCUT2D eigenvalue weighted by molar-refractivity contribution is 9.10. The van der Waals surface area contributed by atoms with E-state index in [1.807, 2.05) is 6.92 Å². The number of ether oxygens (including phenoxy) is 1. The second kappa shape index (κ2) is 10.2. The summed E-state index contributed by atoms with van der Waals surface area (Å²) in [7, 11) is -4.44. The van der Waals surface area contributed by atoms with Crippen molar-refractivity contribution in [3.05, 3.63) is 64.4 Å². The van der Waals surface area contributed by atoms with Gasteiger partial charge in [0.1, 0.15) is 18.1 Å². The smallest absolute Gasteiger partial charge is 0.402 e. The lowest BCUT2D eigenvalue weighted by molar-refractivity contribution is -0.121. The van der Waals surface area contributed by atoms with E-state index in [-0.39, 0.29) is 5.88 Å². The predicted molar refractivity (Wildman–Crippen MR) is 127 cm³/mol. The van der Waals surface area contributed by atoms with Crippen LogP contribution in [0.15, 0.2) is 53.0 Å². The largest absolute Gasteiger partial charge is 0.436 e. The monoisotopic (exact) mass is 578 g/mol. The summed E-state index contributed by atoms with van der Waals surface area (Å²) in [6, 6.07) is 12.5. The molecule has 7 nitrogen and oxygen atoms in total. The number of aryl methyl sites for hydroxylation is 1. The van der Waals surface area contributed by atoms with Gasteiger partial charge in [-0.15, -0.1) is 5.10 Å². The minimum Gasteiger partial charge on any atom is -0.436 e. The highest BCUT2D eigenvalue weighted by Crippen LogP contribution is 2.33. The van der Waals surface area contributed by atoms with Crippen LogP contribution in [0.3, 0.4) is 0 Å². The van der Waals surface area contributed by atoms with Crippen LogP contribution in [0.2, 0.25) is 0 Å². The molecule has 1 aromatic heterocycles. The molecule has 190 valence electrons. The van der Waals surface area contributed by atoms with Gasteiger partial charge in [-0.05, 0) is 66.5 Å². The first-order valence-electron chi connectivity index (χ1n) is 10.4. The molecule has 0 fully saturated rings. The van der Waals surface area contributed by atoms with Gasteiger partial charge < -0.3 is 4.74 Å². The van der Waals surface area contributed by atoms with Crippen LogP contribution in [0, 0.1) is 5.82 Å². The molecule has 0 saturated carbocycles. The van der Waals surface area contributed by atoms with Gasteiger partial charge in [-0.3, -0.25) is 4.68 Å². The number of aromatic nitrogens is 2. The number of benzene rings is 2. The van der Waals surface area contributed by atoms with Crippen LogP contribution < -0.4 is 14.2 Å². The predicted octanol–water partition coefficient (Wildman–Crippen LogP) is 5.49. The van der Waals surface area contributed by atoms with Crippen LogP contribution in [-0.2, 0) is 22.3 Å². The number of halogens is 5. The van der Waals surface area contributed by atoms with Crippen LogP contribution in [0.5, 0.6) is 11.6 Å². The van der Waals surface area contributed by atoms with Crippen LogP contribution in [0.4, 0.5) is 17.6 Å². The Morgan fingerprint density at radius 3 is 2.46 bits per heavy atom. The van der Waals surface area contributed by atoms with Crippen molar-refractivity contribution in [2.24, 2.45) is 0 Å². The highest BCUT2D eigenvalue weighted by atomic mass is 79.9. The van der Waals surface area contributed by atoms with Gasteiger partial charge in [0.2, 0.25) is 5.88 Å². The van der Waals surface area contributed by atoms with Gasteiger partial charge in [0.15, 0.2) is 0 Å². The molecule has 3 rings (SSSR count). The molecular formula is C22H23BrF4N4O3S. The Kier molecular flexibility index (Phi) is 7.94. The van der Waals surface area contributed by atoms with E-state index in [0.717, 1.165) is 0 Å². The molecule has 0 spiro atoms. The third-order valence-electron chi connectivity index (χ3n) is 4.90. The fourth-order valence-corrected chi connectivity index (χ4v) is 4.91. The van der Waals surface area contributed by atoms with Crippen LogP contribution in [0.25, 0.3) is 11.3 Å². The van der Waals surface area contributed by atoms with Crippen molar-refractivity contribution in [3.63, 3.8) is 0 Å². The molecule has 2 N–H and O–H groups in total. The Labute approximate surface area is 208 Å². The molecule has 0 aliphatic heterocycles. The summed E-state index contributed by atoms with van der Waals surface area (Å²) >= 11 is 3.25. The average molecular weight is 579 g/mol. The molecule has 1 heterocycles. The number of hydrogen-bond donors (Lipinski definition) is 2. The number of alkyl halides is 3. The first-order chi connectivity index (χ1) is 16.2. The molecule has 0 saturated heterocycles. The number of nitrogens with one attached hydrogen (secondary N) is 2. The van der Waals surface area contributed by atoms with Crippen molar-refractivity contribution in [2.75, 3.05) is 6.54 Å². The quantitative estimate of drug-likeness (QED) is 0.329. The van der Waals surface area contributed by atoms with E-state index in [2.05, 4.69) is 25.8 Å². The molecule has 2 aromatic carbocycles. The SMILES string of the molecule is CCn1nc(Oc2ccc(F)cc2Br)cc1-c1cccc(C(C)(C)NS(=O)(=O)NCC(F)(F)F)c1. The summed E-state index contributed by atoms with van der Waals surface area (Å²) in [5, 5.41) is 4.41. The third-order valence-corrected chi connectivity index (χ3v) is 6.82. The molecule has 35 heavy (non-hydrogen) atoms. The zero-order valence-corrected chi connectivity index (χ0v) is 21.4. The average Bonchev–Trinajstić information content (AvgIpc) is 3.16. The van der Waals surface area contributed by atoms with E-state index >= 15 is 0 Å². The van der Waals surface area contributed by atoms with Gasteiger partial charge >= 0.3 is 6.18 Å². The lowest BCUT2D eigenvalue weighted by atomic mass is 9.93. The van der Waals surface area contributed by atoms with Gasteiger partial charge in [-0.1, -0.05) is 18.2 Å². The fourth-order valence-electron chi connectivity index (χ4n) is 3.26. The van der Waals surface area contributed by atoms with Gasteiger partial charge in [-0.25, -0.2) is 4.39 Å². The molecule has 0 bridgehead atoms. The van der Waals surface area contributed by atoms with E-state index in [9.17, 15) is 26.0 Å². The molecule has 0 unspecified atom stereocenters. The van der Waals surface area contributed by atoms with Crippen molar-refractivity contribution in [1.29, 1.82) is 0 Å². The Hall–Kier alpha value is -2.48. The van der Waals surface area contributed by atoms with Crippen LogP contribution in [-0.4, -0.2) is 30.9 Å². The first-order valence-corrected chi connectivity index (χ1v) is 12.6. The minimum absolute atomic E-state index is 0.260. The Balaban J connectivity index is 1.87. The summed E-state index contributed by atoms with van der Waals surface area (Å²) in [5.74, 6) is 0.206. The summed E-state index contributed by atoms with van der Waals surface area (Å²) < 4.78 is 86.7. The maximum absolute atomic E-state index is 13.4. The second-order valence-electron chi connectivity index (χ2n) is 8.11. The Morgan fingerprint density at radius 2 is 1.83 bits per heavy atom. The summed E-state index contributed by atoms with van der Waals surface area (Å²) in [6.07, 6.45) is -4.68. The summed E-state index contributed by atoms with van der Waals surface area (Å²) in [5.41, 5.74) is 0.625. The van der Waals surface area contributed by atoms with Crippen molar-refractivity contribution >= 4 is 26.1 Å². The molecule has 3 aromatic rings. The first kappa shape index (κ1) is 27.1. The molecule has 0 radical (unpaired) electrons. The van der Waals surface area contributed by atoms with Crippen molar-refractivity contribution < 1.29 is 30.7 Å². The second-order valence-corrected chi connectivity index (χ2v) is 10.5. The van der Waals surface area contributed by atoms with Gasteiger partial charge in [0.05, 0.1) is 15.7 Å². The zero-order valence-electron chi connectivity index (χ0n) is 19.0. The Morgan fingerprint density at radius 1 is 1.11 bits per heavy atom. The van der Waals surface area contributed by atoms with E-state index in [4.69, 9.17) is 4.74 Å². The van der Waals surface area contributed by atoms with Crippen molar-refractivity contribution in [1.82, 2.24) is 19.2 Å². The van der Waals surface area contributed by atoms with Gasteiger partial charge in [0.25, 0.3) is 10.2 Å². The molecule has 0 aliphatic carbocycles. The zero-order chi connectivity index (χ0) is 26.0. The third kappa shape index (κ3) is 7.26. The maximum atomic E-state index is 13.4. The van der Waals surface area contributed by atoms with Crippen molar-refractivity contribution in [2.45, 2.75) is 39.0 Å². The lowest BCUT2D eigenvalue weighted by Crippen LogP contribution is -2.48. The lowest BCUT2D eigenvalue weighted by Gasteiger charge is -2.27. The molecule has 0 amide bonds. The van der Waals surface area contributed by atoms with E-state index in [0.29, 0.717) is 33.6 Å². The number of rotatable bonds is 9. The molecule has 0 aliphatic rings. The van der Waals surface area contributed by atoms with Crippen LogP contribution >= 0.6 is 15.9 Å². The van der Waals surface area contributed by atoms with Gasteiger partial charge in [-0.2, -0.15) is 31.0 Å². The summed E-state index contributed by atoms with van der Waals surface area (Å²) in [6.45, 7) is 3.77. The van der Waals surface area contributed by atoms with E-state index < -0.39 is 34.3 Å². The standard InChI is InChI=1S/C22H23BrF4N4O3S/c1-4-31-18(12-20(29-31)34-19-9-8-16(24)11-17(19)23)14-6-5-7-15(10-14)21(2,3)30-35(32,33)28-13-22(25,26)27/h5-12,28,30H,4,13H2,1-3H3. The van der Waals surface area contributed by atoms with Gasteiger partial charge in [0, 0.05) is 18.2 Å². The number of nitrogens with zero attached hydrogens (tertiary/aromatic N) is 2. The van der Waals surface area contributed by atoms with E-state index in [1.54, 1.807) is 35.0 Å². The molecular weight excluding hydrogens is 556 g/mol. The van der Waals surface area contributed by atoms with Crippen molar-refractivity contribution in [3.8, 4) is 22.9 Å². The van der Waals surface area contributed by atoms with E-state index in [1.165, 1.54) is 36.8 Å². The molecule has 13 heteroatoms. The molecule has 0 atom stereocenters.